The van der Waals surface area contributed by atoms with Crippen LogP contribution in [0.3, 0.4) is 0 Å². The van der Waals surface area contributed by atoms with E-state index in [0.717, 1.165) is 25.0 Å². The first kappa shape index (κ1) is 14.8. The van der Waals surface area contributed by atoms with Crippen molar-refractivity contribution in [1.29, 1.82) is 0 Å². The molecule has 0 aliphatic heterocycles. The van der Waals surface area contributed by atoms with E-state index in [1.165, 1.54) is 11.8 Å². The zero-order valence-electron chi connectivity index (χ0n) is 9.05. The molecular weight excluding hydrogens is 234 g/mol. The van der Waals surface area contributed by atoms with Gasteiger partial charge in [0.05, 0.1) is 0 Å². The van der Waals surface area contributed by atoms with E-state index >= 15 is 0 Å². The number of thioether (sulfide) groups is 1. The Morgan fingerprint density at radius 3 is 2.60 bits per heavy atom. The van der Waals surface area contributed by atoms with Crippen molar-refractivity contribution in [3.05, 3.63) is 0 Å². The topological polar surface area (TPSA) is 46.2 Å². The van der Waals surface area contributed by atoms with Gasteiger partial charge in [-0.3, -0.25) is 9.59 Å². The third-order valence-electron chi connectivity index (χ3n) is 1.81. The van der Waals surface area contributed by atoms with Crippen LogP contribution in [0.2, 0.25) is 0 Å². The van der Waals surface area contributed by atoms with Crippen LogP contribution >= 0.6 is 23.4 Å². The van der Waals surface area contributed by atoms with Gasteiger partial charge in [0, 0.05) is 13.0 Å². The minimum atomic E-state index is -0.130. The average Bonchev–Trinajstić information content (AvgIpc) is 2.23. The van der Waals surface area contributed by atoms with Gasteiger partial charge in [0.15, 0.2) is 5.12 Å². The first-order chi connectivity index (χ1) is 7.20. The predicted octanol–water partition coefficient (Wildman–Crippen LogP) is 2.18. The molecule has 0 radical (unpaired) electrons. The van der Waals surface area contributed by atoms with Crippen LogP contribution in [0, 0.1) is 0 Å². The van der Waals surface area contributed by atoms with Gasteiger partial charge < -0.3 is 5.32 Å². The summed E-state index contributed by atoms with van der Waals surface area (Å²) in [7, 11) is 0. The van der Waals surface area contributed by atoms with Gasteiger partial charge in [-0.15, -0.1) is 11.6 Å². The van der Waals surface area contributed by atoms with E-state index in [0.29, 0.717) is 13.0 Å². The van der Waals surface area contributed by atoms with E-state index in [-0.39, 0.29) is 16.9 Å². The Balaban J connectivity index is 3.18. The van der Waals surface area contributed by atoms with Gasteiger partial charge in [-0.2, -0.15) is 0 Å². The van der Waals surface area contributed by atoms with Crippen LogP contribution in [0.5, 0.6) is 0 Å². The standard InChI is InChI=1S/C10H18ClNO2S/c1-2-15-10(14)6-4-3-5-7-12-9(13)8-11/h2-8H2,1H3,(H,12,13). The molecule has 0 bridgehead atoms. The largest absolute Gasteiger partial charge is 0.355 e. The van der Waals surface area contributed by atoms with Crippen molar-refractivity contribution in [1.82, 2.24) is 5.32 Å². The fourth-order valence-electron chi connectivity index (χ4n) is 1.08. The fraction of sp³-hybridized carbons (Fsp3) is 0.800. The molecule has 0 aromatic carbocycles. The number of amides is 1. The highest BCUT2D eigenvalue weighted by Gasteiger charge is 2.00. The Labute approximate surface area is 100 Å². The number of halogens is 1. The Bertz CT molecular complexity index is 200. The summed E-state index contributed by atoms with van der Waals surface area (Å²) in [5.74, 6) is 0.741. The summed E-state index contributed by atoms with van der Waals surface area (Å²) in [6.07, 6.45) is 3.43. The molecule has 5 heteroatoms. The number of nitrogens with one attached hydrogen (secondary N) is 1. The maximum Gasteiger partial charge on any atom is 0.234 e. The Kier molecular flexibility index (Phi) is 10.2. The van der Waals surface area contributed by atoms with E-state index in [9.17, 15) is 9.59 Å². The Hall–Kier alpha value is -0.220. The second-order valence-electron chi connectivity index (χ2n) is 3.10. The SMILES string of the molecule is CCSC(=O)CCCCCNC(=O)CCl. The van der Waals surface area contributed by atoms with E-state index in [2.05, 4.69) is 5.32 Å². The summed E-state index contributed by atoms with van der Waals surface area (Å²) in [5, 5.41) is 2.95. The zero-order valence-corrected chi connectivity index (χ0v) is 10.6. The molecule has 0 unspecified atom stereocenters. The second kappa shape index (κ2) is 10.3. The fourth-order valence-corrected chi connectivity index (χ4v) is 1.78. The number of carbonyl (C=O) groups excluding carboxylic acids is 2. The van der Waals surface area contributed by atoms with Crippen molar-refractivity contribution < 1.29 is 9.59 Å². The normalized spacial score (nSPS) is 10.0. The highest BCUT2D eigenvalue weighted by Crippen LogP contribution is 2.08. The van der Waals surface area contributed by atoms with Crippen molar-refractivity contribution in [2.45, 2.75) is 32.6 Å². The lowest BCUT2D eigenvalue weighted by Gasteiger charge is -2.02. The van der Waals surface area contributed by atoms with Gasteiger partial charge in [-0.25, -0.2) is 0 Å². The molecule has 0 spiro atoms. The molecule has 0 heterocycles. The lowest BCUT2D eigenvalue weighted by Crippen LogP contribution is -2.25. The molecule has 0 aliphatic carbocycles. The van der Waals surface area contributed by atoms with Gasteiger partial charge in [-0.1, -0.05) is 25.1 Å². The molecule has 1 N–H and O–H groups in total. The molecule has 0 saturated carbocycles. The molecule has 0 saturated heterocycles. The molecule has 0 aromatic heterocycles. The number of carbonyl (C=O) groups is 2. The molecular formula is C10H18ClNO2S. The average molecular weight is 252 g/mol. The third-order valence-corrected chi connectivity index (χ3v) is 2.86. The van der Waals surface area contributed by atoms with Crippen LogP contribution in [0.15, 0.2) is 0 Å². The van der Waals surface area contributed by atoms with Gasteiger partial charge in [0.25, 0.3) is 0 Å². The lowest BCUT2D eigenvalue weighted by atomic mass is 10.2. The molecule has 0 rings (SSSR count). The van der Waals surface area contributed by atoms with Crippen LogP contribution in [-0.2, 0) is 9.59 Å². The molecule has 15 heavy (non-hydrogen) atoms. The van der Waals surface area contributed by atoms with Crippen LogP contribution in [0.1, 0.15) is 32.6 Å². The quantitative estimate of drug-likeness (QED) is 0.531. The van der Waals surface area contributed by atoms with Crippen molar-refractivity contribution in [2.24, 2.45) is 0 Å². The summed E-state index contributed by atoms with van der Waals surface area (Å²) in [4.78, 5) is 21.8. The Morgan fingerprint density at radius 2 is 2.00 bits per heavy atom. The zero-order chi connectivity index (χ0) is 11.5. The maximum absolute atomic E-state index is 11.1. The van der Waals surface area contributed by atoms with E-state index in [1.54, 1.807) is 0 Å². The molecule has 88 valence electrons. The van der Waals surface area contributed by atoms with E-state index in [4.69, 9.17) is 11.6 Å². The van der Waals surface area contributed by atoms with E-state index < -0.39 is 0 Å². The highest BCUT2D eigenvalue weighted by atomic mass is 35.5. The number of hydrogen-bond acceptors (Lipinski definition) is 3. The van der Waals surface area contributed by atoms with Crippen molar-refractivity contribution in [3.8, 4) is 0 Å². The first-order valence-electron chi connectivity index (χ1n) is 5.19. The van der Waals surface area contributed by atoms with Crippen molar-refractivity contribution >= 4 is 34.4 Å². The van der Waals surface area contributed by atoms with E-state index in [1.807, 2.05) is 6.92 Å². The first-order valence-corrected chi connectivity index (χ1v) is 6.71. The summed E-state index contributed by atoms with van der Waals surface area (Å²) in [6, 6.07) is 0. The third kappa shape index (κ3) is 10.1. The number of alkyl halides is 1. The molecule has 3 nitrogen and oxygen atoms in total. The number of hydrogen-bond donors (Lipinski definition) is 1. The molecule has 0 atom stereocenters. The maximum atomic E-state index is 11.1. The molecule has 0 aliphatic rings. The smallest absolute Gasteiger partial charge is 0.234 e. The van der Waals surface area contributed by atoms with Crippen LogP contribution < -0.4 is 5.32 Å². The monoisotopic (exact) mass is 251 g/mol. The lowest BCUT2D eigenvalue weighted by molar-refractivity contribution is -0.118. The number of rotatable bonds is 8. The van der Waals surface area contributed by atoms with Crippen molar-refractivity contribution in [3.63, 3.8) is 0 Å². The van der Waals surface area contributed by atoms with Crippen LogP contribution in [0.4, 0.5) is 0 Å². The molecule has 0 aromatic rings. The van der Waals surface area contributed by atoms with Crippen LogP contribution in [-0.4, -0.2) is 29.2 Å². The predicted molar refractivity (Wildman–Crippen MR) is 65.3 cm³/mol. The van der Waals surface area contributed by atoms with Gasteiger partial charge in [0.2, 0.25) is 5.91 Å². The summed E-state index contributed by atoms with van der Waals surface area (Å²) >= 11 is 6.69. The second-order valence-corrected chi connectivity index (χ2v) is 4.69. The van der Waals surface area contributed by atoms with Gasteiger partial charge in [0.1, 0.15) is 5.88 Å². The number of unbranched alkanes of at least 4 members (excludes halogenated alkanes) is 2. The van der Waals surface area contributed by atoms with Crippen LogP contribution in [0.25, 0.3) is 0 Å². The highest BCUT2D eigenvalue weighted by molar-refractivity contribution is 8.13. The van der Waals surface area contributed by atoms with Gasteiger partial charge >= 0.3 is 0 Å². The van der Waals surface area contributed by atoms with Gasteiger partial charge in [-0.05, 0) is 18.6 Å². The minimum Gasteiger partial charge on any atom is -0.355 e. The summed E-state index contributed by atoms with van der Waals surface area (Å²) in [6.45, 7) is 2.63. The van der Waals surface area contributed by atoms with Crippen molar-refractivity contribution in [2.75, 3.05) is 18.2 Å². The summed E-state index contributed by atoms with van der Waals surface area (Å²) < 4.78 is 0. The molecule has 0 fully saturated rings. The minimum absolute atomic E-state index is 0.0195. The summed E-state index contributed by atoms with van der Waals surface area (Å²) in [5.41, 5.74) is 0. The molecule has 1 amide bonds. The Morgan fingerprint density at radius 1 is 1.27 bits per heavy atom.